The van der Waals surface area contributed by atoms with Crippen molar-refractivity contribution in [1.82, 2.24) is 4.98 Å². The predicted molar refractivity (Wildman–Crippen MR) is 69.6 cm³/mol. The lowest BCUT2D eigenvalue weighted by atomic mass is 10.3. The number of anilines is 1. The third-order valence-corrected chi connectivity index (χ3v) is 3.29. The molecule has 0 spiro atoms. The van der Waals surface area contributed by atoms with Crippen LogP contribution in [0.25, 0.3) is 0 Å². The molecule has 1 N–H and O–H groups in total. The lowest BCUT2D eigenvalue weighted by Crippen LogP contribution is -2.14. The van der Waals surface area contributed by atoms with Crippen LogP contribution in [0.15, 0.2) is 15.9 Å². The summed E-state index contributed by atoms with van der Waals surface area (Å²) in [5.41, 5.74) is 0.903. The Morgan fingerprint density at radius 1 is 1.42 bits per heavy atom. The molecule has 0 fully saturated rings. The number of ether oxygens (including phenoxy) is 1. The molecule has 1 amide bonds. The second kappa shape index (κ2) is 5.23. The average molecular weight is 280 g/mol. The van der Waals surface area contributed by atoms with Gasteiger partial charge in [-0.15, -0.1) is 11.3 Å². The number of rotatable bonds is 3. The monoisotopic (exact) mass is 280 g/mol. The van der Waals surface area contributed by atoms with E-state index >= 15 is 0 Å². The highest BCUT2D eigenvalue weighted by molar-refractivity contribution is 7.12. The molecule has 0 aliphatic heterocycles. The van der Waals surface area contributed by atoms with Crippen LogP contribution in [0.3, 0.4) is 0 Å². The molecule has 0 bridgehead atoms. The van der Waals surface area contributed by atoms with Gasteiger partial charge in [0.05, 0.1) is 18.5 Å². The number of hydrogen-bond acceptors (Lipinski definition) is 6. The summed E-state index contributed by atoms with van der Waals surface area (Å²) in [4.78, 5) is 27.9. The van der Waals surface area contributed by atoms with Crippen molar-refractivity contribution in [2.45, 2.75) is 13.8 Å². The molecule has 2 heterocycles. The smallest absolute Gasteiger partial charge is 0.350 e. The van der Waals surface area contributed by atoms with Crippen LogP contribution in [0.4, 0.5) is 5.69 Å². The quantitative estimate of drug-likeness (QED) is 0.873. The molecule has 0 aliphatic carbocycles. The zero-order valence-electron chi connectivity index (χ0n) is 10.6. The van der Waals surface area contributed by atoms with Gasteiger partial charge >= 0.3 is 5.97 Å². The van der Waals surface area contributed by atoms with Gasteiger partial charge in [0.2, 0.25) is 5.76 Å². The number of nitrogens with zero attached hydrogens (tertiary/aromatic N) is 1. The summed E-state index contributed by atoms with van der Waals surface area (Å²) >= 11 is 1.19. The van der Waals surface area contributed by atoms with Crippen LogP contribution in [0.2, 0.25) is 0 Å². The van der Waals surface area contributed by atoms with Gasteiger partial charge in [-0.1, -0.05) is 0 Å². The Hall–Kier alpha value is -2.15. The number of aryl methyl sites for hydroxylation is 2. The van der Waals surface area contributed by atoms with Gasteiger partial charge in [0.25, 0.3) is 5.91 Å². The minimum Gasteiger partial charge on any atom is -0.465 e. The lowest BCUT2D eigenvalue weighted by molar-refractivity contribution is 0.0607. The summed E-state index contributed by atoms with van der Waals surface area (Å²) < 4.78 is 9.85. The molecular weight excluding hydrogens is 268 g/mol. The molecule has 100 valence electrons. The van der Waals surface area contributed by atoms with Gasteiger partial charge < -0.3 is 14.5 Å². The van der Waals surface area contributed by atoms with Gasteiger partial charge in [-0.2, -0.15) is 0 Å². The summed E-state index contributed by atoms with van der Waals surface area (Å²) in [5.74, 6) is -0.377. The molecule has 0 radical (unpaired) electrons. The number of carbonyl (C=O) groups is 2. The highest BCUT2D eigenvalue weighted by Gasteiger charge is 2.20. The number of nitrogens with one attached hydrogen (secondary N) is 1. The first-order valence-corrected chi connectivity index (χ1v) is 6.32. The number of methoxy groups -OCH3 is 1. The van der Waals surface area contributed by atoms with Gasteiger partial charge in [-0.05, 0) is 18.4 Å². The zero-order chi connectivity index (χ0) is 14.0. The fourth-order valence-electron chi connectivity index (χ4n) is 1.58. The zero-order valence-corrected chi connectivity index (χ0v) is 11.5. The maximum absolute atomic E-state index is 12.0. The van der Waals surface area contributed by atoms with Gasteiger partial charge in [-0.3, -0.25) is 4.79 Å². The van der Waals surface area contributed by atoms with Crippen LogP contribution in [0.1, 0.15) is 31.8 Å². The standard InChI is InChI=1S/C12H12N2O4S/c1-6-9(18-7(2)13-6)11(15)14-8-4-5-19-10(8)12(16)17-3/h4-5H,1-3H3,(H,14,15). The Bertz CT molecular complexity index is 629. The molecule has 0 atom stereocenters. The molecular formula is C12H12N2O4S. The highest BCUT2D eigenvalue weighted by atomic mass is 32.1. The van der Waals surface area contributed by atoms with E-state index in [1.165, 1.54) is 18.4 Å². The molecule has 0 aromatic carbocycles. The fourth-order valence-corrected chi connectivity index (χ4v) is 2.35. The average Bonchev–Trinajstić information content (AvgIpc) is 2.95. The minimum atomic E-state index is -0.490. The number of hydrogen-bond donors (Lipinski definition) is 1. The van der Waals surface area contributed by atoms with Crippen molar-refractivity contribution in [2.24, 2.45) is 0 Å². The SMILES string of the molecule is COC(=O)c1sccc1NC(=O)c1oc(C)nc1C. The van der Waals surface area contributed by atoms with Crippen molar-refractivity contribution < 1.29 is 18.7 Å². The molecule has 2 aromatic heterocycles. The van der Waals surface area contributed by atoms with E-state index in [4.69, 9.17) is 4.42 Å². The van der Waals surface area contributed by atoms with Gasteiger partial charge in [0, 0.05) is 6.92 Å². The molecule has 0 unspecified atom stereocenters. The minimum absolute atomic E-state index is 0.138. The number of esters is 1. The first-order valence-electron chi connectivity index (χ1n) is 5.44. The van der Waals surface area contributed by atoms with E-state index in [0.717, 1.165) is 0 Å². The van der Waals surface area contributed by atoms with Gasteiger partial charge in [0.15, 0.2) is 5.89 Å². The van der Waals surface area contributed by atoms with Crippen LogP contribution in [0, 0.1) is 13.8 Å². The number of carbonyl (C=O) groups excluding carboxylic acids is 2. The number of aromatic nitrogens is 1. The van der Waals surface area contributed by atoms with E-state index in [0.29, 0.717) is 22.1 Å². The largest absolute Gasteiger partial charge is 0.465 e. The van der Waals surface area contributed by atoms with Crippen molar-refractivity contribution in [3.05, 3.63) is 33.7 Å². The number of thiophene rings is 1. The predicted octanol–water partition coefficient (Wildman–Crippen LogP) is 2.39. The molecule has 19 heavy (non-hydrogen) atoms. The molecule has 0 saturated heterocycles. The summed E-state index contributed by atoms with van der Waals surface area (Å²) in [7, 11) is 1.29. The maximum atomic E-state index is 12.0. The Balaban J connectivity index is 2.22. The Morgan fingerprint density at radius 2 is 2.16 bits per heavy atom. The molecule has 6 nitrogen and oxygen atoms in total. The van der Waals surface area contributed by atoms with Crippen LogP contribution < -0.4 is 5.32 Å². The van der Waals surface area contributed by atoms with E-state index in [-0.39, 0.29) is 5.76 Å². The topological polar surface area (TPSA) is 81.4 Å². The maximum Gasteiger partial charge on any atom is 0.350 e. The second-order valence-electron chi connectivity index (χ2n) is 3.76. The third-order valence-electron chi connectivity index (χ3n) is 2.39. The van der Waals surface area contributed by atoms with Crippen LogP contribution in [-0.4, -0.2) is 24.0 Å². The van der Waals surface area contributed by atoms with E-state index in [1.54, 1.807) is 25.3 Å². The molecule has 0 saturated carbocycles. The van der Waals surface area contributed by atoms with Crippen molar-refractivity contribution in [3.8, 4) is 0 Å². The van der Waals surface area contributed by atoms with E-state index < -0.39 is 11.9 Å². The molecule has 2 aromatic rings. The first-order chi connectivity index (χ1) is 9.02. The second-order valence-corrected chi connectivity index (χ2v) is 4.67. The van der Waals surface area contributed by atoms with Crippen LogP contribution >= 0.6 is 11.3 Å². The van der Waals surface area contributed by atoms with Gasteiger partial charge in [0.1, 0.15) is 4.88 Å². The summed E-state index contributed by atoms with van der Waals surface area (Å²) in [5, 5.41) is 4.31. The van der Waals surface area contributed by atoms with Gasteiger partial charge in [-0.25, -0.2) is 9.78 Å². The van der Waals surface area contributed by atoms with E-state index in [2.05, 4.69) is 15.0 Å². The summed E-state index contributed by atoms with van der Waals surface area (Å²) in [6.07, 6.45) is 0. The lowest BCUT2D eigenvalue weighted by Gasteiger charge is -2.03. The fraction of sp³-hybridized carbons (Fsp3) is 0.250. The van der Waals surface area contributed by atoms with E-state index in [1.807, 2.05) is 0 Å². The van der Waals surface area contributed by atoms with E-state index in [9.17, 15) is 9.59 Å². The van der Waals surface area contributed by atoms with Crippen molar-refractivity contribution in [1.29, 1.82) is 0 Å². The highest BCUT2D eigenvalue weighted by Crippen LogP contribution is 2.24. The van der Waals surface area contributed by atoms with Crippen molar-refractivity contribution in [2.75, 3.05) is 12.4 Å². The Morgan fingerprint density at radius 3 is 2.74 bits per heavy atom. The first kappa shape index (κ1) is 13.3. The summed E-state index contributed by atoms with van der Waals surface area (Å²) in [6, 6.07) is 1.63. The van der Waals surface area contributed by atoms with Crippen LogP contribution in [-0.2, 0) is 4.74 Å². The molecule has 2 rings (SSSR count). The number of amides is 1. The Labute approximate surface area is 113 Å². The summed E-state index contributed by atoms with van der Waals surface area (Å²) in [6.45, 7) is 3.34. The number of oxazole rings is 1. The van der Waals surface area contributed by atoms with Crippen LogP contribution in [0.5, 0.6) is 0 Å². The third kappa shape index (κ3) is 2.65. The van der Waals surface area contributed by atoms with Crippen molar-refractivity contribution >= 4 is 28.9 Å². The molecule has 7 heteroatoms. The molecule has 0 aliphatic rings. The Kier molecular flexibility index (Phi) is 3.66. The normalized spacial score (nSPS) is 10.3. The van der Waals surface area contributed by atoms with Crippen molar-refractivity contribution in [3.63, 3.8) is 0 Å².